The Balaban J connectivity index is 1.37. The normalized spacial score (nSPS) is 20.1. The molecular formula is C39H49N5O5Si2. The van der Waals surface area contributed by atoms with E-state index in [0.29, 0.717) is 16.7 Å². The van der Waals surface area contributed by atoms with Crippen molar-refractivity contribution in [3.05, 3.63) is 109 Å². The van der Waals surface area contributed by atoms with Crippen LogP contribution in [0.5, 0.6) is 0 Å². The second-order valence-electron chi connectivity index (χ2n) is 15.7. The second kappa shape index (κ2) is 14.2. The van der Waals surface area contributed by atoms with E-state index in [2.05, 4.69) is 123 Å². The van der Waals surface area contributed by atoms with E-state index in [9.17, 15) is 9.90 Å². The molecule has 1 amide bonds. The molecule has 0 bridgehead atoms. The van der Waals surface area contributed by atoms with Crippen LogP contribution in [0.4, 0.5) is 5.82 Å². The van der Waals surface area contributed by atoms with Gasteiger partial charge in [0.2, 0.25) is 0 Å². The van der Waals surface area contributed by atoms with E-state index in [1.165, 1.54) is 6.33 Å². The molecule has 0 aliphatic carbocycles. The van der Waals surface area contributed by atoms with Crippen molar-refractivity contribution in [1.82, 2.24) is 19.5 Å². The number of anilines is 1. The summed E-state index contributed by atoms with van der Waals surface area (Å²) in [5, 5.41) is 16.9. The van der Waals surface area contributed by atoms with Crippen LogP contribution in [-0.2, 0) is 13.6 Å². The van der Waals surface area contributed by atoms with Crippen molar-refractivity contribution >= 4 is 49.9 Å². The van der Waals surface area contributed by atoms with Crippen LogP contribution in [0.3, 0.4) is 0 Å². The number of aromatic nitrogens is 4. The van der Waals surface area contributed by atoms with E-state index < -0.39 is 41.2 Å². The lowest BCUT2D eigenvalue weighted by Gasteiger charge is -2.43. The number of nitrogens with one attached hydrogen (secondary N) is 1. The number of nitrogens with zero attached hydrogens (tertiary/aromatic N) is 4. The lowest BCUT2D eigenvalue weighted by atomic mass is 10.1. The van der Waals surface area contributed by atoms with Gasteiger partial charge in [-0.15, -0.1) is 0 Å². The van der Waals surface area contributed by atoms with Gasteiger partial charge >= 0.3 is 0 Å². The highest BCUT2D eigenvalue weighted by Gasteiger charge is 2.54. The fourth-order valence-corrected chi connectivity index (χ4v) is 12.5. The Morgan fingerprint density at radius 2 is 1.41 bits per heavy atom. The Morgan fingerprint density at radius 1 is 0.843 bits per heavy atom. The Bertz CT molecular complexity index is 1910. The van der Waals surface area contributed by atoms with Gasteiger partial charge in [-0.2, -0.15) is 0 Å². The van der Waals surface area contributed by atoms with Crippen molar-refractivity contribution in [2.45, 2.75) is 89.3 Å². The maximum absolute atomic E-state index is 13.0. The van der Waals surface area contributed by atoms with Crippen molar-refractivity contribution in [1.29, 1.82) is 0 Å². The van der Waals surface area contributed by atoms with Crippen LogP contribution in [0.25, 0.3) is 11.2 Å². The molecule has 51 heavy (non-hydrogen) atoms. The lowest BCUT2D eigenvalue weighted by Crippen LogP contribution is -2.67. The maximum Gasteiger partial charge on any atom is 0.261 e. The lowest BCUT2D eigenvalue weighted by molar-refractivity contribution is -0.0471. The van der Waals surface area contributed by atoms with Gasteiger partial charge in [0.1, 0.15) is 24.6 Å². The second-order valence-corrected chi connectivity index (χ2v) is 24.8. The third-order valence-corrected chi connectivity index (χ3v) is 19.8. The fraction of sp³-hybridized carbons (Fsp3) is 0.385. The third kappa shape index (κ3) is 7.08. The number of rotatable bonds is 10. The summed E-state index contributed by atoms with van der Waals surface area (Å²) in [7, 11) is -5.36. The molecule has 0 unspecified atom stereocenters. The molecule has 4 atom stereocenters. The van der Waals surface area contributed by atoms with Crippen LogP contribution < -0.4 is 15.7 Å². The summed E-state index contributed by atoms with van der Waals surface area (Å²) >= 11 is 0. The van der Waals surface area contributed by atoms with Crippen LogP contribution in [-0.4, -0.2) is 72.1 Å². The molecule has 1 fully saturated rings. The number of amides is 1. The van der Waals surface area contributed by atoms with Gasteiger partial charge in [-0.3, -0.25) is 9.36 Å². The number of hydrogen-bond donors (Lipinski definition) is 2. The van der Waals surface area contributed by atoms with Crippen molar-refractivity contribution in [2.24, 2.45) is 0 Å². The predicted molar refractivity (Wildman–Crippen MR) is 205 cm³/mol. The first kappa shape index (κ1) is 36.7. The van der Waals surface area contributed by atoms with Crippen LogP contribution in [0, 0.1) is 0 Å². The first-order valence-corrected chi connectivity index (χ1v) is 22.3. The quantitative estimate of drug-likeness (QED) is 0.161. The maximum atomic E-state index is 13.0. The van der Waals surface area contributed by atoms with Crippen LogP contribution in [0.2, 0.25) is 23.2 Å². The molecule has 12 heteroatoms. The summed E-state index contributed by atoms with van der Waals surface area (Å²) in [6.45, 7) is 17.6. The number of aliphatic hydroxyl groups is 1. The standard InChI is InChI=1S/C39H49N5O5Si2/c1-38(2,3)50(7,8)49-33-32(45)30(24-47-51(39(4,5)6,28-20-14-10-15-21-28)29-22-16-11-17-23-29)48-37(33)44-26-42-31-34(40-25-41-35(31)44)43-36(46)27-18-12-9-13-19-27/h9-23,25-26,30,32-33,37,45H,24H2,1-8H3,(H,40,41,43,46)/t30-,32-,33-,37-/m1/s1. The van der Waals surface area contributed by atoms with Gasteiger partial charge in [-0.25, -0.2) is 15.0 Å². The van der Waals surface area contributed by atoms with Crippen LogP contribution in [0.1, 0.15) is 58.1 Å². The Kier molecular flexibility index (Phi) is 10.2. The molecule has 10 nitrogen and oxygen atoms in total. The minimum atomic E-state index is -2.93. The molecule has 5 aromatic rings. The highest BCUT2D eigenvalue weighted by Crippen LogP contribution is 2.43. The van der Waals surface area contributed by atoms with Gasteiger partial charge in [-0.05, 0) is 45.7 Å². The third-order valence-electron chi connectivity index (χ3n) is 10.3. The molecule has 1 aliphatic heterocycles. The van der Waals surface area contributed by atoms with Crippen LogP contribution in [0.15, 0.2) is 104 Å². The molecule has 0 radical (unpaired) electrons. The van der Waals surface area contributed by atoms with Gasteiger partial charge in [-0.1, -0.05) is 120 Å². The number of ether oxygens (including phenoxy) is 1. The number of carbonyl (C=O) groups is 1. The summed E-state index contributed by atoms with van der Waals surface area (Å²) in [4.78, 5) is 26.6. The Hall–Kier alpha value is -4.05. The van der Waals surface area contributed by atoms with Crippen molar-refractivity contribution < 1.29 is 23.5 Å². The monoisotopic (exact) mass is 723 g/mol. The number of carbonyl (C=O) groups excluding carboxylic acids is 1. The zero-order valence-electron chi connectivity index (χ0n) is 30.7. The van der Waals surface area contributed by atoms with E-state index in [1.807, 2.05) is 18.2 Å². The molecule has 268 valence electrons. The van der Waals surface area contributed by atoms with Crippen molar-refractivity contribution in [2.75, 3.05) is 11.9 Å². The number of benzene rings is 3. The van der Waals surface area contributed by atoms with Gasteiger partial charge < -0.3 is 24.0 Å². The first-order chi connectivity index (χ1) is 24.1. The topological polar surface area (TPSA) is 121 Å². The van der Waals surface area contributed by atoms with E-state index in [4.69, 9.17) is 13.6 Å². The summed E-state index contributed by atoms with van der Waals surface area (Å²) in [5.74, 6) is -0.0306. The minimum Gasteiger partial charge on any atom is -0.407 e. The molecule has 0 saturated carbocycles. The molecule has 3 aromatic carbocycles. The molecule has 3 heterocycles. The van der Waals surface area contributed by atoms with E-state index in [0.717, 1.165) is 10.4 Å². The highest BCUT2D eigenvalue weighted by atomic mass is 28.4. The van der Waals surface area contributed by atoms with Gasteiger partial charge in [0.15, 0.2) is 31.5 Å². The first-order valence-electron chi connectivity index (χ1n) is 17.4. The van der Waals surface area contributed by atoms with E-state index in [-0.39, 0.29) is 28.4 Å². The Labute approximate surface area is 302 Å². The molecule has 1 aliphatic rings. The largest absolute Gasteiger partial charge is 0.407 e. The summed E-state index contributed by atoms with van der Waals surface area (Å²) in [6.07, 6.45) is -0.253. The van der Waals surface area contributed by atoms with E-state index >= 15 is 0 Å². The van der Waals surface area contributed by atoms with Crippen molar-refractivity contribution in [3.63, 3.8) is 0 Å². The molecule has 1 saturated heterocycles. The fourth-order valence-electron chi connectivity index (χ4n) is 6.59. The number of aliphatic hydroxyl groups excluding tert-OH is 1. The Morgan fingerprint density at radius 3 is 1.96 bits per heavy atom. The predicted octanol–water partition coefficient (Wildman–Crippen LogP) is 6.30. The van der Waals surface area contributed by atoms with Crippen molar-refractivity contribution in [3.8, 4) is 0 Å². The molecular weight excluding hydrogens is 675 g/mol. The number of imidazole rings is 1. The van der Waals surface area contributed by atoms with Gasteiger partial charge in [0.05, 0.1) is 12.9 Å². The summed E-state index contributed by atoms with van der Waals surface area (Å²) in [6, 6.07) is 29.8. The number of hydrogen-bond acceptors (Lipinski definition) is 8. The van der Waals surface area contributed by atoms with Gasteiger partial charge in [0, 0.05) is 5.56 Å². The smallest absolute Gasteiger partial charge is 0.261 e. The summed E-state index contributed by atoms with van der Waals surface area (Å²) in [5.41, 5.74) is 1.35. The SMILES string of the molecule is CC(C)(C)[Si](C)(C)O[C@@H]1[C@H](O)[C@@H](CO[Si](c2ccccc2)(c2ccccc2)C(C)(C)C)O[C@H]1n1cnc2c(NC(=O)c3ccccc3)ncnc21. The van der Waals surface area contributed by atoms with Gasteiger partial charge in [0.25, 0.3) is 14.2 Å². The molecule has 2 N–H and O–H groups in total. The zero-order chi connectivity index (χ0) is 36.6. The molecule has 2 aromatic heterocycles. The molecule has 6 rings (SSSR count). The average Bonchev–Trinajstić information content (AvgIpc) is 3.66. The average molecular weight is 724 g/mol. The highest BCUT2D eigenvalue weighted by molar-refractivity contribution is 6.99. The molecule has 0 spiro atoms. The minimum absolute atomic E-state index is 0.130. The van der Waals surface area contributed by atoms with E-state index in [1.54, 1.807) is 35.2 Å². The zero-order valence-corrected chi connectivity index (χ0v) is 32.7. The number of fused-ring (bicyclic) bond motifs is 1. The summed E-state index contributed by atoms with van der Waals surface area (Å²) < 4.78 is 22.8. The van der Waals surface area contributed by atoms with Crippen LogP contribution >= 0.6 is 0 Å².